The van der Waals surface area contributed by atoms with Crippen molar-refractivity contribution in [2.24, 2.45) is 5.41 Å². The molecule has 1 aromatic carbocycles. The zero-order valence-electron chi connectivity index (χ0n) is 18.0. The SMILES string of the molecule is [2H]C([2H])([2H])OC(=O)[C@]1(O)C[C@]2(CC)CCCN3CCc4c(n1c1ccccc41)[C@@H]32. The van der Waals surface area contributed by atoms with Crippen LogP contribution in [0.25, 0.3) is 10.9 Å². The number of aromatic nitrogens is 1. The number of methoxy groups -OCH3 is 1. The maximum atomic E-state index is 13.1. The van der Waals surface area contributed by atoms with Crippen molar-refractivity contribution in [3.05, 3.63) is 35.5 Å². The Kier molecular flexibility index (Phi) is 2.74. The van der Waals surface area contributed by atoms with Gasteiger partial charge in [0.1, 0.15) is 0 Å². The minimum Gasteiger partial charge on any atom is -0.465 e. The van der Waals surface area contributed by atoms with E-state index in [-0.39, 0.29) is 17.9 Å². The lowest BCUT2D eigenvalue weighted by Gasteiger charge is -2.57. The fourth-order valence-corrected chi connectivity index (χ4v) is 6.02. The molecule has 4 heterocycles. The highest BCUT2D eigenvalue weighted by atomic mass is 16.5. The lowest BCUT2D eigenvalue weighted by atomic mass is 9.62. The highest BCUT2D eigenvalue weighted by Crippen LogP contribution is 2.60. The lowest BCUT2D eigenvalue weighted by Crippen LogP contribution is -2.60. The van der Waals surface area contributed by atoms with Crippen LogP contribution in [0.15, 0.2) is 24.3 Å². The number of para-hydroxylation sites is 1. The maximum absolute atomic E-state index is 13.1. The van der Waals surface area contributed by atoms with Crippen molar-refractivity contribution >= 4 is 16.9 Å². The molecule has 1 aromatic heterocycles. The Hall–Kier alpha value is -1.85. The molecule has 2 aromatic rings. The molecule has 0 bridgehead atoms. The van der Waals surface area contributed by atoms with Crippen molar-refractivity contribution < 1.29 is 18.8 Å². The van der Waals surface area contributed by atoms with E-state index in [1.165, 1.54) is 5.56 Å². The van der Waals surface area contributed by atoms with Crippen molar-refractivity contribution in [1.82, 2.24) is 9.47 Å². The van der Waals surface area contributed by atoms with Gasteiger partial charge in [0, 0.05) is 24.0 Å². The van der Waals surface area contributed by atoms with E-state index in [1.807, 2.05) is 24.3 Å². The summed E-state index contributed by atoms with van der Waals surface area (Å²) in [7, 11) is -2.90. The molecule has 138 valence electrons. The number of carbonyl (C=O) groups is 1. The van der Waals surface area contributed by atoms with Crippen molar-refractivity contribution in [3.63, 3.8) is 0 Å². The van der Waals surface area contributed by atoms with Gasteiger partial charge < -0.3 is 14.4 Å². The highest BCUT2D eigenvalue weighted by molar-refractivity contribution is 5.90. The van der Waals surface area contributed by atoms with Gasteiger partial charge in [-0.1, -0.05) is 25.1 Å². The van der Waals surface area contributed by atoms with Gasteiger partial charge in [-0.15, -0.1) is 0 Å². The average molecular weight is 357 g/mol. The molecular weight excluding hydrogens is 328 g/mol. The fraction of sp³-hybridized carbons (Fsp3) is 0.571. The van der Waals surface area contributed by atoms with Gasteiger partial charge in [0.2, 0.25) is 5.72 Å². The first-order valence-electron chi connectivity index (χ1n) is 11.0. The zero-order chi connectivity index (χ0) is 20.6. The summed E-state index contributed by atoms with van der Waals surface area (Å²) in [4.78, 5) is 15.6. The molecule has 5 nitrogen and oxygen atoms in total. The third-order valence-corrected chi connectivity index (χ3v) is 7.09. The van der Waals surface area contributed by atoms with E-state index in [2.05, 4.69) is 11.8 Å². The number of aliphatic hydroxyl groups is 1. The average Bonchev–Trinajstić information content (AvgIpc) is 3.02. The summed E-state index contributed by atoms with van der Waals surface area (Å²) >= 11 is 0. The standard InChI is InChI=1S/C21H26N2O3/c1-3-20-10-6-11-22-12-9-15-14-7-4-5-8-16(14)23(17(15)18(20)22)21(25,13-20)19(24)26-2/h4-5,7-8,18,25H,3,6,9-13H2,1-2H3/t18-,20+,21-/m1/s1/i2D3. The minimum atomic E-state index is -2.90. The topological polar surface area (TPSA) is 54.7 Å². The number of fused-ring (bicyclic) bond motifs is 3. The Morgan fingerprint density at radius 2 is 2.27 bits per heavy atom. The van der Waals surface area contributed by atoms with Gasteiger partial charge in [-0.2, -0.15) is 0 Å². The third kappa shape index (κ3) is 1.80. The molecule has 1 N–H and O–H groups in total. The Labute approximate surface area is 157 Å². The van der Waals surface area contributed by atoms with Gasteiger partial charge >= 0.3 is 5.97 Å². The predicted molar refractivity (Wildman–Crippen MR) is 98.7 cm³/mol. The Morgan fingerprint density at radius 3 is 3.08 bits per heavy atom. The molecule has 0 radical (unpaired) electrons. The molecule has 26 heavy (non-hydrogen) atoms. The van der Waals surface area contributed by atoms with Gasteiger partial charge in [-0.3, -0.25) is 4.90 Å². The van der Waals surface area contributed by atoms with Crippen LogP contribution in [0, 0.1) is 5.41 Å². The summed E-state index contributed by atoms with van der Waals surface area (Å²) in [5, 5.41) is 12.9. The monoisotopic (exact) mass is 357 g/mol. The molecule has 5 heteroatoms. The molecule has 0 unspecified atom stereocenters. The number of esters is 1. The summed E-state index contributed by atoms with van der Waals surface area (Å²) in [5.74, 6) is -1.09. The number of hydrogen-bond donors (Lipinski definition) is 1. The van der Waals surface area contributed by atoms with Crippen LogP contribution in [-0.2, 0) is 21.7 Å². The van der Waals surface area contributed by atoms with Gasteiger partial charge in [0.05, 0.1) is 22.7 Å². The molecule has 5 rings (SSSR count). The van der Waals surface area contributed by atoms with Gasteiger partial charge in [-0.25, -0.2) is 4.79 Å². The second kappa shape index (κ2) is 5.33. The molecule has 0 aliphatic carbocycles. The number of nitrogens with zero attached hydrogens (tertiary/aromatic N) is 2. The fourth-order valence-electron chi connectivity index (χ4n) is 6.02. The number of carbonyl (C=O) groups excluding carboxylic acids is 1. The van der Waals surface area contributed by atoms with E-state index in [4.69, 9.17) is 8.85 Å². The molecule has 3 aliphatic rings. The predicted octanol–water partition coefficient (Wildman–Crippen LogP) is 2.95. The van der Waals surface area contributed by atoms with Crippen LogP contribution in [-0.4, -0.2) is 40.7 Å². The van der Waals surface area contributed by atoms with Crippen LogP contribution < -0.4 is 0 Å². The highest BCUT2D eigenvalue weighted by Gasteiger charge is 2.60. The van der Waals surface area contributed by atoms with Crippen LogP contribution >= 0.6 is 0 Å². The quantitative estimate of drug-likeness (QED) is 0.840. The van der Waals surface area contributed by atoms with Crippen molar-refractivity contribution in [2.75, 3.05) is 20.1 Å². The van der Waals surface area contributed by atoms with Crippen LogP contribution in [0.4, 0.5) is 0 Å². The first-order chi connectivity index (χ1) is 13.7. The normalized spacial score (nSPS) is 35.3. The molecule has 0 saturated carbocycles. The third-order valence-electron chi connectivity index (χ3n) is 7.09. The Balaban J connectivity index is 1.81. The smallest absolute Gasteiger partial charge is 0.359 e. The molecular formula is C21H26N2O3. The Bertz CT molecular complexity index is 1000. The summed E-state index contributed by atoms with van der Waals surface area (Å²) in [5.41, 5.74) is 0.575. The molecule has 0 spiro atoms. The summed E-state index contributed by atoms with van der Waals surface area (Å²) in [6, 6.07) is 7.89. The van der Waals surface area contributed by atoms with E-state index in [9.17, 15) is 9.90 Å². The van der Waals surface area contributed by atoms with Gasteiger partial charge in [-0.05, 0) is 49.3 Å². The second-order valence-electron chi connectivity index (χ2n) is 8.11. The first-order valence-corrected chi connectivity index (χ1v) is 9.53. The van der Waals surface area contributed by atoms with E-state index in [0.717, 1.165) is 55.4 Å². The van der Waals surface area contributed by atoms with Crippen LogP contribution in [0.3, 0.4) is 0 Å². The second-order valence-corrected chi connectivity index (χ2v) is 8.11. The van der Waals surface area contributed by atoms with E-state index in [0.29, 0.717) is 0 Å². The molecule has 3 aliphatic heterocycles. The number of piperidine rings is 1. The van der Waals surface area contributed by atoms with E-state index in [1.54, 1.807) is 4.57 Å². The maximum Gasteiger partial charge on any atom is 0.359 e. The summed E-state index contributed by atoms with van der Waals surface area (Å²) < 4.78 is 28.7. The Morgan fingerprint density at radius 1 is 1.42 bits per heavy atom. The van der Waals surface area contributed by atoms with E-state index >= 15 is 0 Å². The van der Waals surface area contributed by atoms with Crippen molar-refractivity contribution in [3.8, 4) is 0 Å². The van der Waals surface area contributed by atoms with Crippen LogP contribution in [0.1, 0.15) is 54.0 Å². The molecule has 0 amide bonds. The number of hydrogen-bond acceptors (Lipinski definition) is 4. The van der Waals surface area contributed by atoms with Gasteiger partial charge in [0.15, 0.2) is 0 Å². The van der Waals surface area contributed by atoms with Crippen molar-refractivity contribution in [2.45, 2.75) is 50.8 Å². The zero-order valence-corrected chi connectivity index (χ0v) is 15.0. The van der Waals surface area contributed by atoms with Crippen LogP contribution in [0.5, 0.6) is 0 Å². The minimum absolute atomic E-state index is 0.123. The molecule has 1 saturated heterocycles. The molecule has 1 fully saturated rings. The summed E-state index contributed by atoms with van der Waals surface area (Å²) in [6.45, 7) is 4.07. The van der Waals surface area contributed by atoms with E-state index < -0.39 is 18.7 Å². The van der Waals surface area contributed by atoms with Crippen molar-refractivity contribution in [1.29, 1.82) is 0 Å². The number of benzene rings is 1. The largest absolute Gasteiger partial charge is 0.465 e. The number of ether oxygens (including phenoxy) is 1. The first kappa shape index (κ1) is 13.3. The summed E-state index contributed by atoms with van der Waals surface area (Å²) in [6.07, 6.45) is 3.72. The van der Waals surface area contributed by atoms with Crippen LogP contribution in [0.2, 0.25) is 0 Å². The molecule has 3 atom stereocenters. The lowest BCUT2D eigenvalue weighted by molar-refractivity contribution is -0.194. The van der Waals surface area contributed by atoms with Gasteiger partial charge in [0.25, 0.3) is 0 Å². The number of rotatable bonds is 2.